The number of benzene rings is 1. The summed E-state index contributed by atoms with van der Waals surface area (Å²) in [7, 11) is 0. The van der Waals surface area contributed by atoms with Crippen LogP contribution >= 0.6 is 12.4 Å². The van der Waals surface area contributed by atoms with Crippen LogP contribution in [0.2, 0.25) is 0 Å². The Hall–Kier alpha value is -0.980. The van der Waals surface area contributed by atoms with Gasteiger partial charge in [-0.25, -0.2) is 0 Å². The Morgan fingerprint density at radius 3 is 2.39 bits per heavy atom. The molecule has 0 spiro atoms. The van der Waals surface area contributed by atoms with E-state index in [0.717, 1.165) is 5.56 Å². The number of halogens is 4. The molecule has 1 rings (SSSR count). The van der Waals surface area contributed by atoms with Crippen LogP contribution < -0.4 is 5.73 Å². The number of aliphatic hydroxyl groups excluding tert-OH is 1. The van der Waals surface area contributed by atoms with Crippen molar-refractivity contribution in [3.8, 4) is 5.75 Å². The van der Waals surface area contributed by atoms with E-state index in [2.05, 4.69) is 0 Å². The van der Waals surface area contributed by atoms with Gasteiger partial charge < -0.3 is 15.9 Å². The molecule has 0 fully saturated rings. The van der Waals surface area contributed by atoms with Gasteiger partial charge in [0.05, 0.1) is 6.10 Å². The van der Waals surface area contributed by atoms with Gasteiger partial charge in [0, 0.05) is 12.0 Å². The number of nitrogens with two attached hydrogens (primary N) is 1. The monoisotopic (exact) mass is 285 g/mol. The minimum atomic E-state index is -4.56. The van der Waals surface area contributed by atoms with E-state index in [1.54, 1.807) is 13.0 Å². The molecular formula is C11H15ClF3NO2. The Balaban J connectivity index is 0.00000289. The lowest BCUT2D eigenvalue weighted by Gasteiger charge is -2.20. The molecule has 0 amide bonds. The van der Waals surface area contributed by atoms with E-state index in [1.807, 2.05) is 0 Å². The fraction of sp³-hybridized carbons (Fsp3) is 0.455. The van der Waals surface area contributed by atoms with Crippen LogP contribution in [0, 0.1) is 6.92 Å². The lowest BCUT2D eigenvalue weighted by atomic mass is 9.99. The zero-order valence-corrected chi connectivity index (χ0v) is 10.4. The first-order valence-electron chi connectivity index (χ1n) is 5.01. The van der Waals surface area contributed by atoms with E-state index in [1.165, 1.54) is 12.1 Å². The molecule has 0 heterocycles. The highest BCUT2D eigenvalue weighted by Crippen LogP contribution is 2.31. The smallest absolute Gasteiger partial charge is 0.403 e. The maximum atomic E-state index is 12.2. The Kier molecular flexibility index (Phi) is 5.92. The first kappa shape index (κ1) is 17.0. The summed E-state index contributed by atoms with van der Waals surface area (Å²) in [6.45, 7) is 1.71. The van der Waals surface area contributed by atoms with E-state index >= 15 is 0 Å². The van der Waals surface area contributed by atoms with Gasteiger partial charge in [0.15, 0.2) is 0 Å². The highest BCUT2D eigenvalue weighted by Gasteiger charge is 2.38. The number of rotatable bonds is 3. The van der Waals surface area contributed by atoms with Crippen molar-refractivity contribution in [2.75, 3.05) is 0 Å². The number of aryl methyl sites for hydroxylation is 1. The van der Waals surface area contributed by atoms with Crippen molar-refractivity contribution in [2.45, 2.75) is 31.7 Å². The van der Waals surface area contributed by atoms with Gasteiger partial charge in [-0.3, -0.25) is 0 Å². The normalized spacial score (nSPS) is 14.8. The minimum absolute atomic E-state index is 0. The zero-order valence-electron chi connectivity index (χ0n) is 9.61. The molecule has 1 aromatic carbocycles. The van der Waals surface area contributed by atoms with Crippen LogP contribution in [0.25, 0.3) is 0 Å². The van der Waals surface area contributed by atoms with Gasteiger partial charge in [0.2, 0.25) is 0 Å². The van der Waals surface area contributed by atoms with E-state index in [4.69, 9.17) is 5.73 Å². The first-order chi connectivity index (χ1) is 7.71. The number of aliphatic hydroxyl groups is 1. The van der Waals surface area contributed by atoms with Gasteiger partial charge >= 0.3 is 6.18 Å². The van der Waals surface area contributed by atoms with Gasteiger partial charge in [-0.05, 0) is 19.1 Å². The largest absolute Gasteiger partial charge is 0.508 e. The minimum Gasteiger partial charge on any atom is -0.508 e. The van der Waals surface area contributed by atoms with E-state index in [0.29, 0.717) is 0 Å². The SMILES string of the molecule is Cc1ccc(O)c([C@@H](O)C[C@@H](N)C(F)(F)F)c1.Cl. The molecule has 2 atom stereocenters. The summed E-state index contributed by atoms with van der Waals surface area (Å²) in [6, 6.07) is 2.24. The Labute approximate surface area is 109 Å². The van der Waals surface area contributed by atoms with Gasteiger partial charge in [-0.2, -0.15) is 13.2 Å². The Morgan fingerprint density at radius 2 is 1.89 bits per heavy atom. The summed E-state index contributed by atoms with van der Waals surface area (Å²) in [6.07, 6.45) is -6.67. The van der Waals surface area contributed by atoms with Crippen molar-refractivity contribution in [3.05, 3.63) is 29.3 Å². The van der Waals surface area contributed by atoms with Crippen molar-refractivity contribution in [2.24, 2.45) is 5.73 Å². The van der Waals surface area contributed by atoms with Gasteiger partial charge in [0.1, 0.15) is 11.8 Å². The number of phenolic OH excluding ortho intramolecular Hbond substituents is 1. The number of alkyl halides is 3. The molecule has 0 bridgehead atoms. The van der Waals surface area contributed by atoms with Crippen molar-refractivity contribution in [1.29, 1.82) is 0 Å². The molecule has 0 radical (unpaired) electrons. The van der Waals surface area contributed by atoms with Crippen LogP contribution in [0.3, 0.4) is 0 Å². The van der Waals surface area contributed by atoms with Crippen molar-refractivity contribution in [1.82, 2.24) is 0 Å². The maximum Gasteiger partial charge on any atom is 0.403 e. The van der Waals surface area contributed by atoms with Crippen LogP contribution in [0.5, 0.6) is 5.75 Å². The standard InChI is InChI=1S/C11H14F3NO2.ClH/c1-6-2-3-8(16)7(4-6)9(17)5-10(15)11(12,13)14;/h2-4,9-10,16-17H,5,15H2,1H3;1H/t9-,10+;/m0./s1. The quantitative estimate of drug-likeness (QED) is 0.799. The molecule has 0 saturated carbocycles. The number of hydrogen-bond donors (Lipinski definition) is 3. The molecule has 104 valence electrons. The summed E-state index contributed by atoms with van der Waals surface area (Å²) >= 11 is 0. The van der Waals surface area contributed by atoms with Crippen LogP contribution in [0.15, 0.2) is 18.2 Å². The first-order valence-corrected chi connectivity index (χ1v) is 5.01. The van der Waals surface area contributed by atoms with E-state index < -0.39 is 24.7 Å². The second-order valence-electron chi connectivity index (χ2n) is 3.96. The van der Waals surface area contributed by atoms with Crippen molar-refractivity contribution in [3.63, 3.8) is 0 Å². The molecule has 7 heteroatoms. The molecule has 0 saturated heterocycles. The predicted molar refractivity (Wildman–Crippen MR) is 63.7 cm³/mol. The molecular weight excluding hydrogens is 271 g/mol. The molecule has 3 nitrogen and oxygen atoms in total. The topological polar surface area (TPSA) is 66.5 Å². The van der Waals surface area contributed by atoms with Crippen LogP contribution in [0.1, 0.15) is 23.7 Å². The summed E-state index contributed by atoms with van der Waals surface area (Å²) < 4.78 is 36.6. The van der Waals surface area contributed by atoms with Crippen molar-refractivity contribution >= 4 is 12.4 Å². The Bertz CT molecular complexity index is 398. The number of hydrogen-bond acceptors (Lipinski definition) is 3. The summed E-state index contributed by atoms with van der Waals surface area (Å²) in [5.41, 5.74) is 5.70. The number of phenols is 1. The lowest BCUT2D eigenvalue weighted by Crippen LogP contribution is -2.38. The highest BCUT2D eigenvalue weighted by atomic mass is 35.5. The van der Waals surface area contributed by atoms with Crippen LogP contribution in [-0.4, -0.2) is 22.4 Å². The lowest BCUT2D eigenvalue weighted by molar-refractivity contribution is -0.153. The molecule has 0 unspecified atom stereocenters. The second-order valence-corrected chi connectivity index (χ2v) is 3.96. The fourth-order valence-corrected chi connectivity index (χ4v) is 1.44. The van der Waals surface area contributed by atoms with E-state index in [-0.39, 0.29) is 23.7 Å². The highest BCUT2D eigenvalue weighted by molar-refractivity contribution is 5.85. The summed E-state index contributed by atoms with van der Waals surface area (Å²) in [5, 5.41) is 19.1. The summed E-state index contributed by atoms with van der Waals surface area (Å²) in [5.74, 6) is -0.238. The molecule has 0 aromatic heterocycles. The fourth-order valence-electron chi connectivity index (χ4n) is 1.44. The molecule has 0 aliphatic carbocycles. The van der Waals surface area contributed by atoms with Crippen LogP contribution in [-0.2, 0) is 0 Å². The van der Waals surface area contributed by atoms with Gasteiger partial charge in [0.25, 0.3) is 0 Å². The molecule has 1 aromatic rings. The molecule has 0 aliphatic rings. The third-order valence-corrected chi connectivity index (χ3v) is 2.44. The number of aromatic hydroxyl groups is 1. The Morgan fingerprint density at radius 1 is 1.33 bits per heavy atom. The average Bonchev–Trinajstić information content (AvgIpc) is 2.20. The predicted octanol–water partition coefficient (Wildman–Crippen LogP) is 2.44. The third kappa shape index (κ3) is 4.36. The molecule has 18 heavy (non-hydrogen) atoms. The maximum absolute atomic E-state index is 12.2. The molecule has 4 N–H and O–H groups in total. The zero-order chi connectivity index (χ0) is 13.2. The van der Waals surface area contributed by atoms with Gasteiger partial charge in [-0.1, -0.05) is 11.6 Å². The van der Waals surface area contributed by atoms with Crippen LogP contribution in [0.4, 0.5) is 13.2 Å². The third-order valence-electron chi connectivity index (χ3n) is 2.44. The second kappa shape index (κ2) is 6.26. The van der Waals surface area contributed by atoms with Gasteiger partial charge in [-0.15, -0.1) is 12.4 Å². The van der Waals surface area contributed by atoms with Crippen molar-refractivity contribution < 1.29 is 23.4 Å². The van der Waals surface area contributed by atoms with E-state index in [9.17, 15) is 23.4 Å². The average molecular weight is 286 g/mol. The summed E-state index contributed by atoms with van der Waals surface area (Å²) in [4.78, 5) is 0. The molecule has 0 aliphatic heterocycles.